The molecule has 0 spiro atoms. The third-order valence-corrected chi connectivity index (χ3v) is 4.50. The number of nitrogens with two attached hydrogens (primary N) is 1. The first kappa shape index (κ1) is 13.1. The molecule has 3 aromatic rings. The number of hydrogen-bond acceptors (Lipinski definition) is 5. The topological polar surface area (TPSA) is 74.6 Å². The quantitative estimate of drug-likeness (QED) is 0.799. The Morgan fingerprint density at radius 2 is 2.15 bits per heavy atom. The second-order valence-electron chi connectivity index (χ2n) is 4.70. The molecule has 0 radical (unpaired) electrons. The molecule has 0 aromatic carbocycles. The van der Waals surface area contributed by atoms with Gasteiger partial charge in [0.25, 0.3) is 0 Å². The number of anilines is 1. The van der Waals surface area contributed by atoms with Gasteiger partial charge in [-0.1, -0.05) is 6.92 Å². The van der Waals surface area contributed by atoms with E-state index in [0.29, 0.717) is 12.5 Å². The Bertz CT molecular complexity index is 750. The zero-order valence-electron chi connectivity index (χ0n) is 11.9. The predicted molar refractivity (Wildman–Crippen MR) is 80.9 cm³/mol. The standard InChI is InChI=1S/C13H18N6S/c1-4-9-6-15-10(20-9)7-18-12-11(16-13(18)14)8(3)17-19(12)5-2/h6H,4-5,7H2,1-3H3,(H2,14,16). The summed E-state index contributed by atoms with van der Waals surface area (Å²) in [6, 6.07) is 0. The van der Waals surface area contributed by atoms with E-state index in [9.17, 15) is 0 Å². The summed E-state index contributed by atoms with van der Waals surface area (Å²) < 4.78 is 3.94. The molecule has 2 N–H and O–H groups in total. The Labute approximate surface area is 121 Å². The van der Waals surface area contributed by atoms with Crippen molar-refractivity contribution in [1.29, 1.82) is 0 Å². The molecule has 3 rings (SSSR count). The van der Waals surface area contributed by atoms with Crippen LogP contribution in [0, 0.1) is 6.92 Å². The van der Waals surface area contributed by atoms with Gasteiger partial charge in [-0.15, -0.1) is 11.3 Å². The summed E-state index contributed by atoms with van der Waals surface area (Å²) in [5.74, 6) is 0.524. The van der Waals surface area contributed by atoms with Gasteiger partial charge in [-0.3, -0.25) is 4.57 Å². The van der Waals surface area contributed by atoms with Crippen molar-refractivity contribution in [1.82, 2.24) is 24.3 Å². The lowest BCUT2D eigenvalue weighted by molar-refractivity contribution is 0.647. The van der Waals surface area contributed by atoms with Gasteiger partial charge in [0, 0.05) is 17.6 Å². The van der Waals surface area contributed by atoms with Crippen LogP contribution in [-0.2, 0) is 19.5 Å². The third kappa shape index (κ3) is 1.98. The Morgan fingerprint density at radius 3 is 2.80 bits per heavy atom. The van der Waals surface area contributed by atoms with Crippen molar-refractivity contribution in [2.75, 3.05) is 5.73 Å². The van der Waals surface area contributed by atoms with Crippen molar-refractivity contribution in [3.05, 3.63) is 21.8 Å². The summed E-state index contributed by atoms with van der Waals surface area (Å²) >= 11 is 1.72. The highest BCUT2D eigenvalue weighted by atomic mass is 32.1. The second-order valence-corrected chi connectivity index (χ2v) is 5.90. The molecule has 106 valence electrons. The van der Waals surface area contributed by atoms with Crippen molar-refractivity contribution in [2.24, 2.45) is 0 Å². The Hall–Kier alpha value is -1.89. The van der Waals surface area contributed by atoms with Crippen molar-refractivity contribution in [3.8, 4) is 0 Å². The van der Waals surface area contributed by atoms with Crippen LogP contribution in [0.15, 0.2) is 6.20 Å². The van der Waals surface area contributed by atoms with E-state index < -0.39 is 0 Å². The molecule has 3 aromatic heterocycles. The fourth-order valence-corrected chi connectivity index (χ4v) is 3.19. The number of thiazole rings is 1. The van der Waals surface area contributed by atoms with E-state index in [1.54, 1.807) is 11.3 Å². The first-order valence-corrected chi connectivity index (χ1v) is 7.58. The summed E-state index contributed by atoms with van der Waals surface area (Å²) in [5, 5.41) is 5.54. The second kappa shape index (κ2) is 4.90. The SMILES string of the molecule is CCc1cnc(Cn2c(N)nc3c(C)nn(CC)c32)s1. The van der Waals surface area contributed by atoms with E-state index in [0.717, 1.165) is 34.8 Å². The third-order valence-electron chi connectivity index (χ3n) is 3.37. The maximum Gasteiger partial charge on any atom is 0.202 e. The molecule has 0 atom stereocenters. The van der Waals surface area contributed by atoms with Crippen LogP contribution in [0.4, 0.5) is 5.95 Å². The lowest BCUT2D eigenvalue weighted by Gasteiger charge is -2.05. The molecule has 0 aliphatic rings. The van der Waals surface area contributed by atoms with Gasteiger partial charge in [0.1, 0.15) is 10.5 Å². The number of hydrogen-bond donors (Lipinski definition) is 1. The Balaban J connectivity index is 2.08. The average molecular weight is 290 g/mol. The van der Waals surface area contributed by atoms with Gasteiger partial charge in [0.15, 0.2) is 5.65 Å². The van der Waals surface area contributed by atoms with Gasteiger partial charge < -0.3 is 5.73 Å². The highest BCUT2D eigenvalue weighted by Gasteiger charge is 2.17. The summed E-state index contributed by atoms with van der Waals surface area (Å²) in [5.41, 5.74) is 8.85. The molecule has 0 saturated heterocycles. The number of imidazole rings is 1. The van der Waals surface area contributed by atoms with Crippen LogP contribution < -0.4 is 5.73 Å². The predicted octanol–water partition coefficient (Wildman–Crippen LogP) is 2.21. The molecule has 20 heavy (non-hydrogen) atoms. The maximum atomic E-state index is 6.06. The van der Waals surface area contributed by atoms with E-state index >= 15 is 0 Å². The summed E-state index contributed by atoms with van der Waals surface area (Å²) in [7, 11) is 0. The van der Waals surface area contributed by atoms with Crippen molar-refractivity contribution < 1.29 is 0 Å². The summed E-state index contributed by atoms with van der Waals surface area (Å²) in [4.78, 5) is 10.2. The van der Waals surface area contributed by atoms with Crippen LogP contribution in [0.1, 0.15) is 29.4 Å². The number of rotatable bonds is 4. The van der Waals surface area contributed by atoms with Crippen LogP contribution in [0.3, 0.4) is 0 Å². The molecular formula is C13H18N6S. The zero-order chi connectivity index (χ0) is 14.3. The first-order chi connectivity index (χ1) is 9.63. The van der Waals surface area contributed by atoms with E-state index in [1.807, 2.05) is 22.4 Å². The molecule has 0 aliphatic carbocycles. The normalized spacial score (nSPS) is 11.6. The van der Waals surface area contributed by atoms with Crippen LogP contribution in [-0.4, -0.2) is 24.3 Å². The highest BCUT2D eigenvalue weighted by Crippen LogP contribution is 2.23. The van der Waals surface area contributed by atoms with Crippen LogP contribution in [0.2, 0.25) is 0 Å². The average Bonchev–Trinajstić information content (AvgIpc) is 3.09. The maximum absolute atomic E-state index is 6.06. The van der Waals surface area contributed by atoms with E-state index in [4.69, 9.17) is 5.73 Å². The van der Waals surface area contributed by atoms with Crippen molar-refractivity contribution >= 4 is 28.4 Å². The molecule has 0 saturated carbocycles. The fourth-order valence-electron chi connectivity index (χ4n) is 2.34. The molecule has 0 fully saturated rings. The van der Waals surface area contributed by atoms with Gasteiger partial charge in [-0.05, 0) is 20.3 Å². The monoisotopic (exact) mass is 290 g/mol. The summed E-state index contributed by atoms with van der Waals surface area (Å²) in [6.07, 6.45) is 2.95. The minimum absolute atomic E-state index is 0.524. The molecule has 3 heterocycles. The molecule has 0 unspecified atom stereocenters. The zero-order valence-corrected chi connectivity index (χ0v) is 12.7. The number of aryl methyl sites for hydroxylation is 3. The van der Waals surface area contributed by atoms with Gasteiger partial charge in [-0.25, -0.2) is 14.6 Å². The van der Waals surface area contributed by atoms with Gasteiger partial charge in [0.2, 0.25) is 5.95 Å². The molecule has 7 heteroatoms. The van der Waals surface area contributed by atoms with Gasteiger partial charge in [-0.2, -0.15) is 5.10 Å². The summed E-state index contributed by atoms with van der Waals surface area (Å²) in [6.45, 7) is 7.62. The smallest absolute Gasteiger partial charge is 0.202 e. The molecule has 0 bridgehead atoms. The Morgan fingerprint density at radius 1 is 1.35 bits per heavy atom. The number of nitrogen functional groups attached to an aromatic ring is 1. The fraction of sp³-hybridized carbons (Fsp3) is 0.462. The van der Waals surface area contributed by atoms with Gasteiger partial charge in [0.05, 0.1) is 12.2 Å². The number of fused-ring (bicyclic) bond motifs is 1. The first-order valence-electron chi connectivity index (χ1n) is 6.76. The lowest BCUT2D eigenvalue weighted by Crippen LogP contribution is -2.09. The minimum Gasteiger partial charge on any atom is -0.369 e. The largest absolute Gasteiger partial charge is 0.369 e. The molecule has 6 nitrogen and oxygen atoms in total. The van der Waals surface area contributed by atoms with E-state index in [2.05, 4.69) is 28.9 Å². The van der Waals surface area contributed by atoms with Gasteiger partial charge >= 0.3 is 0 Å². The van der Waals surface area contributed by atoms with E-state index in [1.165, 1.54) is 4.88 Å². The highest BCUT2D eigenvalue weighted by molar-refractivity contribution is 7.11. The van der Waals surface area contributed by atoms with Crippen LogP contribution >= 0.6 is 11.3 Å². The molecule has 0 aliphatic heterocycles. The minimum atomic E-state index is 0.524. The van der Waals surface area contributed by atoms with Crippen molar-refractivity contribution in [2.45, 2.75) is 40.3 Å². The van der Waals surface area contributed by atoms with Crippen LogP contribution in [0.5, 0.6) is 0 Å². The number of aromatic nitrogens is 5. The van der Waals surface area contributed by atoms with Crippen molar-refractivity contribution in [3.63, 3.8) is 0 Å². The molecular weight excluding hydrogens is 272 g/mol. The number of nitrogens with zero attached hydrogens (tertiary/aromatic N) is 5. The van der Waals surface area contributed by atoms with Crippen LogP contribution in [0.25, 0.3) is 11.2 Å². The lowest BCUT2D eigenvalue weighted by atomic mass is 10.4. The Kier molecular flexibility index (Phi) is 3.21. The van der Waals surface area contributed by atoms with E-state index in [-0.39, 0.29) is 0 Å². The molecule has 0 amide bonds.